The van der Waals surface area contributed by atoms with E-state index in [0.717, 1.165) is 37.1 Å². The van der Waals surface area contributed by atoms with Gasteiger partial charge >= 0.3 is 0 Å². The smallest absolute Gasteiger partial charge is 0.243 e. The number of sulfonamides is 1. The van der Waals surface area contributed by atoms with Gasteiger partial charge in [-0.05, 0) is 48.9 Å². The largest absolute Gasteiger partial charge is 0.395 e. The van der Waals surface area contributed by atoms with Gasteiger partial charge in [0, 0.05) is 18.8 Å². The summed E-state index contributed by atoms with van der Waals surface area (Å²) in [5, 5.41) is 12.8. The minimum atomic E-state index is -3.52. The lowest BCUT2D eigenvalue weighted by Crippen LogP contribution is -2.39. The van der Waals surface area contributed by atoms with Crippen LogP contribution in [0.25, 0.3) is 0 Å². The van der Waals surface area contributed by atoms with Crippen molar-refractivity contribution in [3.05, 3.63) is 23.8 Å². The molecule has 5 nitrogen and oxygen atoms in total. The fraction of sp³-hybridized carbons (Fsp3) is 0.600. The number of rotatable bonds is 3. The molecule has 2 atom stereocenters. The molecule has 0 amide bonds. The maximum Gasteiger partial charge on any atom is 0.243 e. The van der Waals surface area contributed by atoms with Crippen LogP contribution in [-0.4, -0.2) is 43.6 Å². The fourth-order valence-corrected chi connectivity index (χ4v) is 5.07. The van der Waals surface area contributed by atoms with Gasteiger partial charge in [0.25, 0.3) is 0 Å². The molecule has 2 aliphatic heterocycles. The van der Waals surface area contributed by atoms with E-state index in [0.29, 0.717) is 11.4 Å². The number of hydrogen-bond acceptors (Lipinski definition) is 4. The molecular weight excluding hydrogens is 288 g/mol. The van der Waals surface area contributed by atoms with Crippen molar-refractivity contribution >= 4 is 15.7 Å². The third-order valence-electron chi connectivity index (χ3n) is 4.64. The van der Waals surface area contributed by atoms with Crippen LogP contribution in [0, 0.1) is 5.92 Å². The van der Waals surface area contributed by atoms with E-state index < -0.39 is 10.0 Å². The van der Waals surface area contributed by atoms with Crippen LogP contribution in [0.15, 0.2) is 23.1 Å². The summed E-state index contributed by atoms with van der Waals surface area (Å²) in [5.74, 6) is 0.198. The predicted molar refractivity (Wildman–Crippen MR) is 81.8 cm³/mol. The standard InChI is InChI=1S/C15H22N2O3S/c1-11-6-8-17(15(11)10-18)21(19,20)13-4-5-14-12(9-13)3-2-7-16-14/h4-5,9,11,15-16,18H,2-3,6-8,10H2,1H3. The number of benzene rings is 1. The van der Waals surface area contributed by atoms with E-state index >= 15 is 0 Å². The molecule has 0 bridgehead atoms. The third-order valence-corrected chi connectivity index (χ3v) is 6.56. The Balaban J connectivity index is 1.95. The molecule has 6 heteroatoms. The van der Waals surface area contributed by atoms with Gasteiger partial charge in [-0.25, -0.2) is 8.42 Å². The fourth-order valence-electron chi connectivity index (χ4n) is 3.29. The first-order chi connectivity index (χ1) is 10.0. The number of anilines is 1. The van der Waals surface area contributed by atoms with Gasteiger partial charge in [-0.1, -0.05) is 6.92 Å². The highest BCUT2D eigenvalue weighted by Crippen LogP contribution is 2.32. The second-order valence-electron chi connectivity index (χ2n) is 5.98. The summed E-state index contributed by atoms with van der Waals surface area (Å²) >= 11 is 0. The summed E-state index contributed by atoms with van der Waals surface area (Å²) in [6, 6.07) is 5.01. The Kier molecular flexibility index (Phi) is 3.94. The Bertz CT molecular complexity index is 630. The second kappa shape index (κ2) is 5.59. The maximum absolute atomic E-state index is 12.8. The van der Waals surface area contributed by atoms with E-state index in [1.807, 2.05) is 13.0 Å². The molecule has 0 spiro atoms. The van der Waals surface area contributed by atoms with Crippen LogP contribution in [0.3, 0.4) is 0 Å². The van der Waals surface area contributed by atoms with Gasteiger partial charge in [0.1, 0.15) is 0 Å². The first kappa shape index (κ1) is 14.8. The lowest BCUT2D eigenvalue weighted by Gasteiger charge is -2.25. The first-order valence-corrected chi connectivity index (χ1v) is 8.97. The highest BCUT2D eigenvalue weighted by molar-refractivity contribution is 7.89. The summed E-state index contributed by atoms with van der Waals surface area (Å²) in [5.41, 5.74) is 2.10. The number of hydrogen-bond donors (Lipinski definition) is 2. The molecule has 0 aromatic heterocycles. The minimum absolute atomic E-state index is 0.118. The van der Waals surface area contributed by atoms with Gasteiger partial charge in [-0.15, -0.1) is 0 Å². The van der Waals surface area contributed by atoms with Crippen molar-refractivity contribution in [1.82, 2.24) is 4.31 Å². The van der Waals surface area contributed by atoms with E-state index in [2.05, 4.69) is 5.32 Å². The second-order valence-corrected chi connectivity index (χ2v) is 7.87. The van der Waals surface area contributed by atoms with Crippen LogP contribution in [0.1, 0.15) is 25.3 Å². The maximum atomic E-state index is 12.8. The molecule has 21 heavy (non-hydrogen) atoms. The zero-order valence-electron chi connectivity index (χ0n) is 12.2. The molecule has 116 valence electrons. The Morgan fingerprint density at radius 3 is 3.00 bits per heavy atom. The number of aliphatic hydroxyl groups is 1. The van der Waals surface area contributed by atoms with Crippen LogP contribution in [0.5, 0.6) is 0 Å². The Labute approximate surface area is 126 Å². The average Bonchev–Trinajstić information content (AvgIpc) is 2.88. The number of nitrogens with zero attached hydrogens (tertiary/aromatic N) is 1. The molecular formula is C15H22N2O3S. The highest BCUT2D eigenvalue weighted by Gasteiger charge is 2.39. The van der Waals surface area contributed by atoms with E-state index in [-0.39, 0.29) is 18.6 Å². The van der Waals surface area contributed by atoms with Crippen molar-refractivity contribution in [3.63, 3.8) is 0 Å². The molecule has 2 unspecified atom stereocenters. The minimum Gasteiger partial charge on any atom is -0.395 e. The molecule has 2 aliphatic rings. The molecule has 3 rings (SSSR count). The third kappa shape index (κ3) is 2.56. The van der Waals surface area contributed by atoms with Crippen LogP contribution < -0.4 is 5.32 Å². The van der Waals surface area contributed by atoms with Gasteiger partial charge < -0.3 is 10.4 Å². The van der Waals surface area contributed by atoms with Crippen molar-refractivity contribution < 1.29 is 13.5 Å². The number of aryl methyl sites for hydroxylation is 1. The monoisotopic (exact) mass is 310 g/mol. The Hall–Kier alpha value is -1.11. The lowest BCUT2D eigenvalue weighted by atomic mass is 10.0. The van der Waals surface area contributed by atoms with Crippen molar-refractivity contribution in [2.45, 2.75) is 37.1 Å². The first-order valence-electron chi connectivity index (χ1n) is 7.53. The van der Waals surface area contributed by atoms with Gasteiger partial charge in [0.15, 0.2) is 0 Å². The van der Waals surface area contributed by atoms with Crippen molar-refractivity contribution in [2.24, 2.45) is 5.92 Å². The topological polar surface area (TPSA) is 69.6 Å². The van der Waals surface area contributed by atoms with Crippen LogP contribution in [-0.2, 0) is 16.4 Å². The van der Waals surface area contributed by atoms with Crippen molar-refractivity contribution in [2.75, 3.05) is 25.0 Å². The molecule has 0 saturated carbocycles. The summed E-state index contributed by atoms with van der Waals surface area (Å²) in [4.78, 5) is 0.345. The zero-order chi connectivity index (χ0) is 15.0. The normalized spacial score (nSPS) is 26.4. The predicted octanol–water partition coefficient (Wildman–Crippen LogP) is 1.44. The van der Waals surface area contributed by atoms with Gasteiger partial charge in [0.2, 0.25) is 10.0 Å². The van der Waals surface area contributed by atoms with Crippen LogP contribution >= 0.6 is 0 Å². The quantitative estimate of drug-likeness (QED) is 0.886. The van der Waals surface area contributed by atoms with E-state index in [1.54, 1.807) is 12.1 Å². The molecule has 2 heterocycles. The molecule has 0 radical (unpaired) electrons. The summed E-state index contributed by atoms with van der Waals surface area (Å²) in [6.45, 7) is 3.31. The SMILES string of the molecule is CC1CCN(S(=O)(=O)c2ccc3c(c2)CCCN3)C1CO. The Morgan fingerprint density at radius 2 is 2.24 bits per heavy atom. The Morgan fingerprint density at radius 1 is 1.43 bits per heavy atom. The highest BCUT2D eigenvalue weighted by atomic mass is 32.2. The van der Waals surface area contributed by atoms with E-state index in [1.165, 1.54) is 4.31 Å². The van der Waals surface area contributed by atoms with Crippen molar-refractivity contribution in [3.8, 4) is 0 Å². The lowest BCUT2D eigenvalue weighted by molar-refractivity contribution is 0.191. The van der Waals surface area contributed by atoms with E-state index in [9.17, 15) is 13.5 Å². The van der Waals surface area contributed by atoms with Crippen LogP contribution in [0.2, 0.25) is 0 Å². The molecule has 0 aliphatic carbocycles. The molecule has 1 fully saturated rings. The van der Waals surface area contributed by atoms with E-state index in [4.69, 9.17) is 0 Å². The van der Waals surface area contributed by atoms with Crippen LogP contribution in [0.4, 0.5) is 5.69 Å². The van der Waals surface area contributed by atoms with Gasteiger partial charge in [-0.2, -0.15) is 4.31 Å². The molecule has 1 aromatic carbocycles. The molecule has 2 N–H and O–H groups in total. The zero-order valence-corrected chi connectivity index (χ0v) is 13.1. The average molecular weight is 310 g/mol. The number of fused-ring (bicyclic) bond motifs is 1. The van der Waals surface area contributed by atoms with Gasteiger partial charge in [0.05, 0.1) is 17.5 Å². The summed E-state index contributed by atoms with van der Waals surface area (Å²) in [6.07, 6.45) is 2.74. The molecule has 1 aromatic rings. The van der Waals surface area contributed by atoms with Gasteiger partial charge in [-0.3, -0.25) is 0 Å². The number of nitrogens with one attached hydrogen (secondary N) is 1. The number of aliphatic hydroxyl groups excluding tert-OH is 1. The summed E-state index contributed by atoms with van der Waals surface area (Å²) < 4.78 is 27.1. The van der Waals surface area contributed by atoms with Crippen molar-refractivity contribution in [1.29, 1.82) is 0 Å². The molecule has 1 saturated heterocycles. The summed E-state index contributed by atoms with van der Waals surface area (Å²) in [7, 11) is -3.52.